The molecule has 0 bridgehead atoms. The number of methoxy groups -OCH3 is 1. The molecule has 0 heterocycles. The minimum absolute atomic E-state index is 0.0797. The third-order valence-corrected chi connectivity index (χ3v) is 4.69. The number of nitrogens with one attached hydrogen (secondary N) is 1. The number of ether oxygens (including phenoxy) is 1. The van der Waals surface area contributed by atoms with Crippen LogP contribution in [0.15, 0.2) is 48.5 Å². The first-order chi connectivity index (χ1) is 12.5. The Morgan fingerprint density at radius 3 is 2.69 bits per heavy atom. The number of carbonyl (C=O) groups excluding carboxylic acids is 1. The van der Waals surface area contributed by atoms with Gasteiger partial charge in [-0.15, -0.1) is 11.8 Å². The number of benzene rings is 2. The number of amides is 1. The molecule has 0 aliphatic rings. The second-order valence-electron chi connectivity index (χ2n) is 5.58. The van der Waals surface area contributed by atoms with Crippen molar-refractivity contribution in [3.8, 4) is 5.75 Å². The summed E-state index contributed by atoms with van der Waals surface area (Å²) in [4.78, 5) is 22.5. The molecule has 0 aliphatic heterocycles. The smallest absolute Gasteiger partial charge is 0.311 e. The van der Waals surface area contributed by atoms with Crippen LogP contribution in [0.25, 0.3) is 0 Å². The van der Waals surface area contributed by atoms with Gasteiger partial charge in [0.05, 0.1) is 17.8 Å². The molecule has 0 aliphatic carbocycles. The highest BCUT2D eigenvalue weighted by Gasteiger charge is 2.15. The van der Waals surface area contributed by atoms with Gasteiger partial charge in [0.15, 0.2) is 5.75 Å². The van der Waals surface area contributed by atoms with Crippen LogP contribution in [0.1, 0.15) is 17.2 Å². The summed E-state index contributed by atoms with van der Waals surface area (Å²) in [5, 5.41) is 13.8. The fourth-order valence-electron chi connectivity index (χ4n) is 2.32. The van der Waals surface area contributed by atoms with E-state index < -0.39 is 4.92 Å². The Kier molecular flexibility index (Phi) is 7.43. The minimum atomic E-state index is -0.481. The van der Waals surface area contributed by atoms with Gasteiger partial charge in [0, 0.05) is 24.4 Å². The van der Waals surface area contributed by atoms with Gasteiger partial charge in [0.2, 0.25) is 5.91 Å². The largest absolute Gasteiger partial charge is 0.490 e. The van der Waals surface area contributed by atoms with Gasteiger partial charge in [0.25, 0.3) is 0 Å². The summed E-state index contributed by atoms with van der Waals surface area (Å²) in [6.45, 7) is 0.359. The average Bonchev–Trinajstić information content (AvgIpc) is 2.66. The van der Waals surface area contributed by atoms with Gasteiger partial charge in [-0.25, -0.2) is 0 Å². The first-order valence-corrected chi connectivity index (χ1v) is 9.13. The highest BCUT2D eigenvalue weighted by atomic mass is 32.2. The van der Waals surface area contributed by atoms with Gasteiger partial charge in [-0.2, -0.15) is 0 Å². The maximum atomic E-state index is 11.9. The van der Waals surface area contributed by atoms with Crippen molar-refractivity contribution in [2.45, 2.75) is 11.8 Å². The summed E-state index contributed by atoms with van der Waals surface area (Å²) in [5.74, 6) is 0.838. The van der Waals surface area contributed by atoms with Gasteiger partial charge >= 0.3 is 5.69 Å². The van der Waals surface area contributed by atoms with E-state index in [1.807, 2.05) is 30.3 Å². The zero-order valence-corrected chi connectivity index (χ0v) is 15.2. The molecule has 2 rings (SSSR count). The molecule has 0 saturated carbocycles. The number of thioether (sulfide) groups is 1. The van der Waals surface area contributed by atoms with E-state index in [0.29, 0.717) is 12.3 Å². The molecule has 1 unspecified atom stereocenters. The van der Waals surface area contributed by atoms with Crippen molar-refractivity contribution >= 4 is 23.4 Å². The lowest BCUT2D eigenvalue weighted by Gasteiger charge is -2.13. The summed E-state index contributed by atoms with van der Waals surface area (Å²) >= 11 is 1.38. The maximum absolute atomic E-state index is 11.9. The van der Waals surface area contributed by atoms with Crippen molar-refractivity contribution in [1.82, 2.24) is 5.32 Å². The lowest BCUT2D eigenvalue weighted by atomic mass is 10.1. The second kappa shape index (κ2) is 9.79. The van der Waals surface area contributed by atoms with E-state index in [9.17, 15) is 14.9 Å². The highest BCUT2D eigenvalue weighted by molar-refractivity contribution is 7.99. The Morgan fingerprint density at radius 2 is 2.04 bits per heavy atom. The van der Waals surface area contributed by atoms with Gasteiger partial charge in [-0.05, 0) is 17.2 Å². The molecule has 0 spiro atoms. The summed E-state index contributed by atoms with van der Waals surface area (Å²) in [6.07, 6.45) is 0. The first-order valence-electron chi connectivity index (χ1n) is 7.97. The Bertz CT molecular complexity index is 755. The van der Waals surface area contributed by atoms with Crippen LogP contribution in [0.5, 0.6) is 5.75 Å². The third-order valence-electron chi connectivity index (χ3n) is 3.69. The van der Waals surface area contributed by atoms with Crippen molar-refractivity contribution in [3.05, 3.63) is 69.8 Å². The second-order valence-corrected chi connectivity index (χ2v) is 6.56. The van der Waals surface area contributed by atoms with E-state index in [4.69, 9.17) is 10.5 Å². The molecule has 1 amide bonds. The van der Waals surface area contributed by atoms with Gasteiger partial charge in [-0.1, -0.05) is 36.4 Å². The molecule has 0 saturated heterocycles. The van der Waals surface area contributed by atoms with Crippen LogP contribution < -0.4 is 15.8 Å². The number of hydrogen-bond donors (Lipinski definition) is 2. The predicted octanol–water partition coefficient (Wildman–Crippen LogP) is 2.65. The van der Waals surface area contributed by atoms with Crippen molar-refractivity contribution < 1.29 is 14.5 Å². The standard InChI is InChI=1S/C18H21N3O4S/c1-25-17-8-7-13(9-16(17)21(23)24)11-26-12-18(22)20-10-15(19)14-5-3-2-4-6-14/h2-9,15H,10-12,19H2,1H3,(H,20,22). The molecule has 8 heteroatoms. The van der Waals surface area contributed by atoms with E-state index in [0.717, 1.165) is 11.1 Å². The number of nitro groups is 1. The van der Waals surface area contributed by atoms with E-state index in [-0.39, 0.29) is 29.1 Å². The molecule has 7 nitrogen and oxygen atoms in total. The minimum Gasteiger partial charge on any atom is -0.490 e. The van der Waals surface area contributed by atoms with Crippen LogP contribution in [-0.4, -0.2) is 30.2 Å². The Balaban J connectivity index is 1.78. The third kappa shape index (κ3) is 5.75. The number of carbonyl (C=O) groups is 1. The van der Waals surface area contributed by atoms with E-state index in [1.165, 1.54) is 24.9 Å². The van der Waals surface area contributed by atoms with Crippen molar-refractivity contribution in [2.75, 3.05) is 19.4 Å². The Labute approximate surface area is 156 Å². The average molecular weight is 375 g/mol. The van der Waals surface area contributed by atoms with Crippen LogP contribution in [-0.2, 0) is 10.5 Å². The molecular formula is C18H21N3O4S. The fourth-order valence-corrected chi connectivity index (χ4v) is 3.13. The van der Waals surface area contributed by atoms with Crippen LogP contribution in [0.2, 0.25) is 0 Å². The molecule has 0 radical (unpaired) electrons. The van der Waals surface area contributed by atoms with E-state index >= 15 is 0 Å². The van der Waals surface area contributed by atoms with Crippen molar-refractivity contribution in [1.29, 1.82) is 0 Å². The molecule has 26 heavy (non-hydrogen) atoms. The molecule has 3 N–H and O–H groups in total. The number of hydrogen-bond acceptors (Lipinski definition) is 6. The summed E-state index contributed by atoms with van der Waals surface area (Å²) in [5.41, 5.74) is 7.68. The number of nitrogens with two attached hydrogens (primary N) is 1. The Hall–Kier alpha value is -2.58. The van der Waals surface area contributed by atoms with Crippen LogP contribution in [0.3, 0.4) is 0 Å². The zero-order chi connectivity index (χ0) is 18.9. The SMILES string of the molecule is COc1ccc(CSCC(=O)NCC(N)c2ccccc2)cc1[N+](=O)[O-]. The number of nitrogens with zero attached hydrogens (tertiary/aromatic N) is 1. The van der Waals surface area contributed by atoms with Crippen LogP contribution in [0.4, 0.5) is 5.69 Å². The molecule has 2 aromatic rings. The van der Waals surface area contributed by atoms with Crippen molar-refractivity contribution in [3.63, 3.8) is 0 Å². The molecule has 0 fully saturated rings. The zero-order valence-electron chi connectivity index (χ0n) is 14.4. The summed E-state index contributed by atoms with van der Waals surface area (Å²) in [6, 6.07) is 14.1. The normalized spacial score (nSPS) is 11.6. The monoisotopic (exact) mass is 375 g/mol. The molecule has 0 aromatic heterocycles. The highest BCUT2D eigenvalue weighted by Crippen LogP contribution is 2.28. The topological polar surface area (TPSA) is 107 Å². The molecule has 2 aromatic carbocycles. The Morgan fingerprint density at radius 1 is 1.31 bits per heavy atom. The fraction of sp³-hybridized carbons (Fsp3) is 0.278. The van der Waals surface area contributed by atoms with Crippen molar-refractivity contribution in [2.24, 2.45) is 5.73 Å². The quantitative estimate of drug-likeness (QED) is 0.515. The molecule has 138 valence electrons. The lowest BCUT2D eigenvalue weighted by Crippen LogP contribution is -2.33. The van der Waals surface area contributed by atoms with Gasteiger partial charge < -0.3 is 15.8 Å². The molecular weight excluding hydrogens is 354 g/mol. The van der Waals surface area contributed by atoms with Gasteiger partial charge in [0.1, 0.15) is 0 Å². The van der Waals surface area contributed by atoms with Crippen LogP contribution in [0, 0.1) is 10.1 Å². The van der Waals surface area contributed by atoms with Gasteiger partial charge in [-0.3, -0.25) is 14.9 Å². The summed E-state index contributed by atoms with van der Waals surface area (Å²) in [7, 11) is 1.39. The lowest BCUT2D eigenvalue weighted by molar-refractivity contribution is -0.385. The first kappa shape index (κ1) is 19.7. The van der Waals surface area contributed by atoms with E-state index in [1.54, 1.807) is 12.1 Å². The van der Waals surface area contributed by atoms with E-state index in [2.05, 4.69) is 5.32 Å². The molecule has 1 atom stereocenters. The maximum Gasteiger partial charge on any atom is 0.311 e. The predicted molar refractivity (Wildman–Crippen MR) is 102 cm³/mol. The summed E-state index contributed by atoms with van der Waals surface area (Å²) < 4.78 is 4.97. The number of nitro benzene ring substituents is 1. The number of rotatable bonds is 9. The van der Waals surface area contributed by atoms with Crippen LogP contribution >= 0.6 is 11.8 Å².